The van der Waals surface area contributed by atoms with Crippen LogP contribution in [0.15, 0.2) is 0 Å². The molecule has 3 aliphatic rings. The molecule has 102 valence electrons. The number of likely N-dealkylation sites (tertiary alicyclic amines) is 1. The topological polar surface area (TPSA) is 23.6 Å². The fourth-order valence-electron chi connectivity index (χ4n) is 4.11. The van der Waals surface area contributed by atoms with Crippen molar-refractivity contribution in [2.45, 2.75) is 63.5 Å². The highest BCUT2D eigenvalue weighted by molar-refractivity contribution is 5.80. The zero-order chi connectivity index (χ0) is 12.4. The fraction of sp³-hybridized carbons (Fsp3) is 0.933. The lowest BCUT2D eigenvalue weighted by molar-refractivity contribution is -0.127. The van der Waals surface area contributed by atoms with Gasteiger partial charge in [-0.2, -0.15) is 0 Å². The zero-order valence-corrected chi connectivity index (χ0v) is 11.4. The molecule has 3 heteroatoms. The van der Waals surface area contributed by atoms with Gasteiger partial charge in [0.05, 0.1) is 0 Å². The SMILES string of the molecule is O=C1CC2CCCC(C1)N2CCCN1CCCC1. The molecule has 0 radical (unpaired) electrons. The van der Waals surface area contributed by atoms with Crippen LogP contribution in [0.4, 0.5) is 0 Å². The number of nitrogens with zero attached hydrogens (tertiary/aromatic N) is 2. The molecular formula is C15H26N2O. The van der Waals surface area contributed by atoms with E-state index in [0.717, 1.165) is 12.8 Å². The number of hydrogen-bond donors (Lipinski definition) is 0. The Hall–Kier alpha value is -0.410. The predicted molar refractivity (Wildman–Crippen MR) is 72.7 cm³/mol. The van der Waals surface area contributed by atoms with Crippen molar-refractivity contribution >= 4 is 5.78 Å². The Labute approximate surface area is 111 Å². The third-order valence-corrected chi connectivity index (χ3v) is 5.03. The number of carbonyl (C=O) groups is 1. The highest BCUT2D eigenvalue weighted by Crippen LogP contribution is 2.32. The van der Waals surface area contributed by atoms with Crippen LogP contribution in [0.3, 0.4) is 0 Å². The maximum absolute atomic E-state index is 11.7. The first-order valence-electron chi connectivity index (χ1n) is 7.83. The van der Waals surface area contributed by atoms with Crippen molar-refractivity contribution in [2.75, 3.05) is 26.2 Å². The third-order valence-electron chi connectivity index (χ3n) is 5.03. The summed E-state index contributed by atoms with van der Waals surface area (Å²) in [5, 5.41) is 0. The number of fused-ring (bicyclic) bond motifs is 2. The van der Waals surface area contributed by atoms with E-state index in [1.807, 2.05) is 0 Å². The van der Waals surface area contributed by atoms with Gasteiger partial charge in [-0.05, 0) is 58.3 Å². The van der Waals surface area contributed by atoms with Gasteiger partial charge in [-0.3, -0.25) is 9.69 Å². The second-order valence-corrected chi connectivity index (χ2v) is 6.33. The molecule has 3 heterocycles. The standard InChI is InChI=1S/C15H26N2O/c18-15-11-13-5-3-6-14(12-15)17(13)10-4-9-16-7-1-2-8-16/h13-14H,1-12H2. The Morgan fingerprint density at radius 3 is 2.28 bits per heavy atom. The molecule has 0 aromatic heterocycles. The molecule has 2 bridgehead atoms. The first-order chi connectivity index (χ1) is 8.83. The molecule has 0 aromatic carbocycles. The Bertz CT molecular complexity index is 283. The average molecular weight is 250 g/mol. The number of Topliss-reactive ketones (excluding diaryl/α,β-unsaturated/α-hetero) is 1. The van der Waals surface area contributed by atoms with Crippen LogP contribution in [-0.4, -0.2) is 53.8 Å². The zero-order valence-electron chi connectivity index (χ0n) is 11.4. The Morgan fingerprint density at radius 1 is 0.944 bits per heavy atom. The van der Waals surface area contributed by atoms with Gasteiger partial charge in [-0.1, -0.05) is 6.42 Å². The quantitative estimate of drug-likeness (QED) is 0.763. The average Bonchev–Trinajstić information content (AvgIpc) is 2.83. The van der Waals surface area contributed by atoms with E-state index in [0.29, 0.717) is 17.9 Å². The van der Waals surface area contributed by atoms with Gasteiger partial charge in [0.15, 0.2) is 0 Å². The van der Waals surface area contributed by atoms with Crippen molar-refractivity contribution < 1.29 is 4.79 Å². The summed E-state index contributed by atoms with van der Waals surface area (Å²) in [6.07, 6.45) is 9.59. The molecular weight excluding hydrogens is 224 g/mol. The van der Waals surface area contributed by atoms with Crippen molar-refractivity contribution in [3.8, 4) is 0 Å². The van der Waals surface area contributed by atoms with Gasteiger partial charge in [0.1, 0.15) is 5.78 Å². The summed E-state index contributed by atoms with van der Waals surface area (Å²) in [4.78, 5) is 16.9. The molecule has 3 rings (SSSR count). The van der Waals surface area contributed by atoms with Crippen molar-refractivity contribution in [1.82, 2.24) is 9.80 Å². The minimum Gasteiger partial charge on any atom is -0.303 e. The van der Waals surface area contributed by atoms with Gasteiger partial charge in [0, 0.05) is 24.9 Å². The molecule has 3 nitrogen and oxygen atoms in total. The van der Waals surface area contributed by atoms with Gasteiger partial charge < -0.3 is 4.90 Å². The van der Waals surface area contributed by atoms with Crippen LogP contribution >= 0.6 is 0 Å². The molecule has 0 N–H and O–H groups in total. The fourth-order valence-corrected chi connectivity index (χ4v) is 4.11. The molecule has 2 atom stereocenters. The lowest BCUT2D eigenvalue weighted by Crippen LogP contribution is -2.52. The molecule has 0 amide bonds. The van der Waals surface area contributed by atoms with Crippen molar-refractivity contribution in [3.63, 3.8) is 0 Å². The van der Waals surface area contributed by atoms with E-state index < -0.39 is 0 Å². The number of piperidine rings is 2. The maximum atomic E-state index is 11.7. The molecule has 0 aromatic rings. The van der Waals surface area contributed by atoms with Crippen LogP contribution in [0.5, 0.6) is 0 Å². The summed E-state index contributed by atoms with van der Waals surface area (Å²) in [5.74, 6) is 0.514. The van der Waals surface area contributed by atoms with Crippen LogP contribution in [0.25, 0.3) is 0 Å². The summed E-state index contributed by atoms with van der Waals surface area (Å²) in [5.41, 5.74) is 0. The van der Waals surface area contributed by atoms with Crippen LogP contribution < -0.4 is 0 Å². The maximum Gasteiger partial charge on any atom is 0.136 e. The van der Waals surface area contributed by atoms with Gasteiger partial charge in [0.25, 0.3) is 0 Å². The van der Waals surface area contributed by atoms with Crippen molar-refractivity contribution in [3.05, 3.63) is 0 Å². The first kappa shape index (κ1) is 12.6. The van der Waals surface area contributed by atoms with E-state index >= 15 is 0 Å². The summed E-state index contributed by atoms with van der Waals surface area (Å²) in [7, 11) is 0. The number of rotatable bonds is 4. The highest BCUT2D eigenvalue weighted by Gasteiger charge is 2.36. The summed E-state index contributed by atoms with van der Waals surface area (Å²) in [6.45, 7) is 5.11. The Morgan fingerprint density at radius 2 is 1.61 bits per heavy atom. The van der Waals surface area contributed by atoms with E-state index in [2.05, 4.69) is 9.80 Å². The lowest BCUT2D eigenvalue weighted by atomic mass is 9.83. The monoisotopic (exact) mass is 250 g/mol. The van der Waals surface area contributed by atoms with E-state index in [1.54, 1.807) is 0 Å². The van der Waals surface area contributed by atoms with E-state index in [1.165, 1.54) is 64.7 Å². The van der Waals surface area contributed by atoms with Crippen LogP contribution in [-0.2, 0) is 4.79 Å². The molecule has 0 spiro atoms. The van der Waals surface area contributed by atoms with Gasteiger partial charge in [-0.15, -0.1) is 0 Å². The number of ketones is 1. The lowest BCUT2D eigenvalue weighted by Gasteiger charge is -2.45. The van der Waals surface area contributed by atoms with Crippen LogP contribution in [0, 0.1) is 0 Å². The molecule has 2 unspecified atom stereocenters. The predicted octanol–water partition coefficient (Wildman–Crippen LogP) is 2.06. The van der Waals surface area contributed by atoms with Gasteiger partial charge in [-0.25, -0.2) is 0 Å². The van der Waals surface area contributed by atoms with Crippen molar-refractivity contribution in [2.24, 2.45) is 0 Å². The Kier molecular flexibility index (Phi) is 4.00. The Balaban J connectivity index is 1.47. The van der Waals surface area contributed by atoms with E-state index in [4.69, 9.17) is 0 Å². The normalized spacial score (nSPS) is 34.1. The summed E-state index contributed by atoms with van der Waals surface area (Å²) >= 11 is 0. The van der Waals surface area contributed by atoms with E-state index in [-0.39, 0.29) is 0 Å². The number of hydrogen-bond acceptors (Lipinski definition) is 3. The molecule has 18 heavy (non-hydrogen) atoms. The molecule has 3 saturated heterocycles. The summed E-state index contributed by atoms with van der Waals surface area (Å²) < 4.78 is 0. The molecule has 0 saturated carbocycles. The minimum atomic E-state index is 0.514. The molecule has 3 fully saturated rings. The second kappa shape index (κ2) is 5.70. The van der Waals surface area contributed by atoms with Crippen LogP contribution in [0.1, 0.15) is 51.4 Å². The van der Waals surface area contributed by atoms with Gasteiger partial charge >= 0.3 is 0 Å². The minimum absolute atomic E-state index is 0.514. The van der Waals surface area contributed by atoms with E-state index in [9.17, 15) is 4.79 Å². The second-order valence-electron chi connectivity index (χ2n) is 6.33. The van der Waals surface area contributed by atoms with Gasteiger partial charge in [0.2, 0.25) is 0 Å². The highest BCUT2D eigenvalue weighted by atomic mass is 16.1. The molecule has 0 aliphatic carbocycles. The number of carbonyl (C=O) groups excluding carboxylic acids is 1. The van der Waals surface area contributed by atoms with Crippen LogP contribution in [0.2, 0.25) is 0 Å². The molecule has 3 aliphatic heterocycles. The first-order valence-corrected chi connectivity index (χ1v) is 7.83. The third kappa shape index (κ3) is 2.77. The smallest absolute Gasteiger partial charge is 0.136 e. The largest absolute Gasteiger partial charge is 0.303 e. The van der Waals surface area contributed by atoms with Crippen molar-refractivity contribution in [1.29, 1.82) is 0 Å². The summed E-state index contributed by atoms with van der Waals surface area (Å²) in [6, 6.07) is 1.17.